The van der Waals surface area contributed by atoms with E-state index in [4.69, 9.17) is 11.6 Å². The lowest BCUT2D eigenvalue weighted by atomic mass is 9.90. The van der Waals surface area contributed by atoms with Crippen LogP contribution in [0, 0.1) is 18.8 Å². The lowest BCUT2D eigenvalue weighted by Crippen LogP contribution is -1.98. The topological polar surface area (TPSA) is 0 Å². The molecule has 0 saturated carbocycles. The van der Waals surface area contributed by atoms with Crippen molar-refractivity contribution in [2.24, 2.45) is 0 Å². The van der Waals surface area contributed by atoms with Gasteiger partial charge in [-0.3, -0.25) is 0 Å². The summed E-state index contributed by atoms with van der Waals surface area (Å²) in [5.74, 6) is -0.0750. The molecular weight excluding hydrogens is 247 g/mol. The van der Waals surface area contributed by atoms with Crippen LogP contribution in [-0.2, 0) is 0 Å². The van der Waals surface area contributed by atoms with Crippen LogP contribution < -0.4 is 0 Å². The fraction of sp³-hybridized carbons (Fsp3) is 0.250. The molecule has 2 aromatic carbocycles. The molecule has 0 heterocycles. The molecule has 18 heavy (non-hydrogen) atoms. The fourth-order valence-corrected chi connectivity index (χ4v) is 2.31. The third-order valence-corrected chi connectivity index (χ3v) is 3.27. The van der Waals surface area contributed by atoms with Gasteiger partial charge in [0, 0.05) is 5.02 Å². The third kappa shape index (κ3) is 2.41. The lowest BCUT2D eigenvalue weighted by Gasteiger charge is -2.15. The molecule has 0 nitrogen and oxygen atoms in total. The second-order valence-electron chi connectivity index (χ2n) is 4.73. The fourth-order valence-electron chi connectivity index (χ4n) is 2.14. The monoisotopic (exact) mass is 261 g/mol. The van der Waals surface area contributed by atoms with Gasteiger partial charge in [-0.25, -0.2) is 4.39 Å². The third-order valence-electron chi connectivity index (χ3n) is 3.03. The van der Waals surface area contributed by atoms with Crippen LogP contribution >= 0.6 is 11.6 Å². The van der Waals surface area contributed by atoms with Gasteiger partial charge < -0.3 is 0 Å². The van der Waals surface area contributed by atoms with Crippen molar-refractivity contribution in [2.75, 3.05) is 0 Å². The molecule has 0 N–H and O–H groups in total. The van der Waals surface area contributed by atoms with Crippen LogP contribution in [0.3, 0.4) is 0 Å². The second-order valence-corrected chi connectivity index (χ2v) is 5.16. The zero-order valence-corrected chi connectivity index (χ0v) is 11.5. The summed E-state index contributed by atoms with van der Waals surface area (Å²) in [4.78, 5) is 0. The van der Waals surface area contributed by atoms with Crippen molar-refractivity contribution in [1.29, 1.82) is 0 Å². The van der Waals surface area contributed by atoms with Gasteiger partial charge in [0.1, 0.15) is 5.82 Å². The van der Waals surface area contributed by atoms with Crippen molar-refractivity contribution in [3.8, 4) is 11.1 Å². The molecule has 0 aliphatic carbocycles. The molecular formula is C16H15ClF. The van der Waals surface area contributed by atoms with E-state index in [1.807, 2.05) is 39.0 Å². The molecule has 0 aliphatic rings. The predicted octanol–water partition coefficient (Wildman–Crippen LogP) is 5.38. The summed E-state index contributed by atoms with van der Waals surface area (Å²) in [7, 11) is 0. The summed E-state index contributed by atoms with van der Waals surface area (Å²) in [6, 6.07) is 11.9. The smallest absolute Gasteiger partial charge is 0.127 e. The summed E-state index contributed by atoms with van der Waals surface area (Å²) >= 11 is 6.03. The number of aryl methyl sites for hydroxylation is 1. The Morgan fingerprint density at radius 2 is 1.94 bits per heavy atom. The standard InChI is InChI=1S/C16H15ClF/c1-10(2)16-13(5-4-6-15(16)18)14-9-12(17)8-7-11(14)3/h4,6-10H,1-3H3. The lowest BCUT2D eigenvalue weighted by molar-refractivity contribution is 0.599. The molecule has 93 valence electrons. The van der Waals surface area contributed by atoms with Crippen LogP contribution in [0.5, 0.6) is 0 Å². The van der Waals surface area contributed by atoms with E-state index >= 15 is 0 Å². The van der Waals surface area contributed by atoms with Crippen LogP contribution in [0.2, 0.25) is 5.02 Å². The van der Waals surface area contributed by atoms with E-state index in [1.54, 1.807) is 6.07 Å². The Hall–Kier alpha value is -1.34. The molecule has 2 rings (SSSR count). The number of hydrogen-bond acceptors (Lipinski definition) is 0. The van der Waals surface area contributed by atoms with Gasteiger partial charge in [0.15, 0.2) is 0 Å². The summed E-state index contributed by atoms with van der Waals surface area (Å²) < 4.78 is 14.0. The van der Waals surface area contributed by atoms with Crippen LogP contribution in [0.25, 0.3) is 11.1 Å². The van der Waals surface area contributed by atoms with E-state index in [1.165, 1.54) is 6.07 Å². The van der Waals surface area contributed by atoms with Crippen molar-refractivity contribution in [3.63, 3.8) is 0 Å². The molecule has 2 heteroatoms. The second kappa shape index (κ2) is 5.11. The summed E-state index contributed by atoms with van der Waals surface area (Å²) in [6.07, 6.45) is 0. The van der Waals surface area contributed by atoms with Gasteiger partial charge in [-0.05, 0) is 59.4 Å². The van der Waals surface area contributed by atoms with Crippen molar-refractivity contribution in [1.82, 2.24) is 0 Å². The molecule has 0 fully saturated rings. The van der Waals surface area contributed by atoms with Gasteiger partial charge in [-0.1, -0.05) is 37.6 Å². The first kappa shape index (κ1) is 13.1. The van der Waals surface area contributed by atoms with Crippen LogP contribution in [0.1, 0.15) is 30.9 Å². The van der Waals surface area contributed by atoms with Gasteiger partial charge >= 0.3 is 0 Å². The SMILES string of the molecule is Cc1ccc(Cl)cc1-c1[c]ccc(F)c1C(C)C. The molecule has 0 atom stereocenters. The average Bonchev–Trinajstić information content (AvgIpc) is 2.31. The summed E-state index contributed by atoms with van der Waals surface area (Å²) in [6.45, 7) is 5.96. The van der Waals surface area contributed by atoms with E-state index < -0.39 is 0 Å². The van der Waals surface area contributed by atoms with Gasteiger partial charge in [0.25, 0.3) is 0 Å². The zero-order chi connectivity index (χ0) is 13.3. The Kier molecular flexibility index (Phi) is 3.72. The summed E-state index contributed by atoms with van der Waals surface area (Å²) in [5.41, 5.74) is 3.53. The largest absolute Gasteiger partial charge is 0.207 e. The maximum atomic E-state index is 14.0. The molecule has 0 aliphatic heterocycles. The maximum absolute atomic E-state index is 14.0. The molecule has 1 radical (unpaired) electrons. The van der Waals surface area contributed by atoms with Crippen LogP contribution in [0.4, 0.5) is 4.39 Å². The normalized spacial score (nSPS) is 11.0. The van der Waals surface area contributed by atoms with E-state index in [-0.39, 0.29) is 11.7 Å². The van der Waals surface area contributed by atoms with Crippen LogP contribution in [0.15, 0.2) is 30.3 Å². The molecule has 2 aromatic rings. The minimum Gasteiger partial charge on any atom is -0.207 e. The van der Waals surface area contributed by atoms with E-state index in [0.29, 0.717) is 10.6 Å². The molecule has 0 saturated heterocycles. The first-order valence-corrected chi connectivity index (χ1v) is 6.35. The highest BCUT2D eigenvalue weighted by molar-refractivity contribution is 6.30. The van der Waals surface area contributed by atoms with E-state index in [2.05, 4.69) is 6.07 Å². The van der Waals surface area contributed by atoms with Gasteiger partial charge in [-0.2, -0.15) is 0 Å². The number of hydrogen-bond donors (Lipinski definition) is 0. The maximum Gasteiger partial charge on any atom is 0.127 e. The number of benzene rings is 2. The molecule has 0 spiro atoms. The van der Waals surface area contributed by atoms with Gasteiger partial charge in [0.05, 0.1) is 0 Å². The van der Waals surface area contributed by atoms with Gasteiger partial charge in [-0.15, -0.1) is 0 Å². The number of rotatable bonds is 2. The van der Waals surface area contributed by atoms with Crippen molar-refractivity contribution in [3.05, 3.63) is 58.4 Å². The van der Waals surface area contributed by atoms with Crippen molar-refractivity contribution in [2.45, 2.75) is 26.7 Å². The Morgan fingerprint density at radius 1 is 1.22 bits per heavy atom. The first-order valence-electron chi connectivity index (χ1n) is 5.97. The van der Waals surface area contributed by atoms with E-state index in [9.17, 15) is 4.39 Å². The highest BCUT2D eigenvalue weighted by atomic mass is 35.5. The Bertz CT molecular complexity index is 573. The van der Waals surface area contributed by atoms with E-state index in [0.717, 1.165) is 16.7 Å². The van der Waals surface area contributed by atoms with Crippen molar-refractivity contribution >= 4 is 11.6 Å². The minimum absolute atomic E-state index is 0.107. The highest BCUT2D eigenvalue weighted by Gasteiger charge is 2.15. The molecule has 0 amide bonds. The average molecular weight is 262 g/mol. The molecule has 0 aromatic heterocycles. The number of halogens is 2. The summed E-state index contributed by atoms with van der Waals surface area (Å²) in [5, 5.41) is 0.656. The zero-order valence-electron chi connectivity index (χ0n) is 10.7. The van der Waals surface area contributed by atoms with Crippen LogP contribution in [-0.4, -0.2) is 0 Å². The van der Waals surface area contributed by atoms with Crippen molar-refractivity contribution < 1.29 is 4.39 Å². The highest BCUT2D eigenvalue weighted by Crippen LogP contribution is 2.34. The minimum atomic E-state index is -0.182. The Balaban J connectivity index is 2.71. The molecule has 0 unspecified atom stereocenters. The predicted molar refractivity (Wildman–Crippen MR) is 74.5 cm³/mol. The first-order chi connectivity index (χ1) is 8.50. The Labute approximate surface area is 112 Å². The molecule has 0 bridgehead atoms. The van der Waals surface area contributed by atoms with Gasteiger partial charge in [0.2, 0.25) is 0 Å². The Morgan fingerprint density at radius 3 is 2.61 bits per heavy atom. The quantitative estimate of drug-likeness (QED) is 0.681.